The number of hydrogen-bond acceptors (Lipinski definition) is 2. The molecule has 0 unspecified atom stereocenters. The van der Waals surface area contributed by atoms with Crippen LogP contribution in [0.1, 0.15) is 86.0 Å². The fraction of sp³-hybridized carbons (Fsp3) is 0.622. The lowest BCUT2D eigenvalue weighted by atomic mass is 9.50. The Balaban J connectivity index is 1.24. The van der Waals surface area contributed by atoms with Gasteiger partial charge in [-0.2, -0.15) is 0 Å². The minimum Gasteiger partial charge on any atom is -0.412 e. The van der Waals surface area contributed by atoms with E-state index in [1.165, 1.54) is 50.3 Å². The molecule has 7 atom stereocenters. The zero-order valence-corrected chi connectivity index (χ0v) is 28.6. The lowest BCUT2D eigenvalue weighted by molar-refractivity contribution is -0.0854. The van der Waals surface area contributed by atoms with Gasteiger partial charge in [-0.05, 0) is 117 Å². The van der Waals surface area contributed by atoms with Crippen LogP contribution in [-0.2, 0) is 8.99 Å². The van der Waals surface area contributed by atoms with Crippen LogP contribution in [0.25, 0.3) is 0 Å². The minimum absolute atomic E-state index is 0.0177. The third-order valence-electron chi connectivity index (χ3n) is 12.6. The summed E-state index contributed by atoms with van der Waals surface area (Å²) in [6.45, 7) is 16.9. The Morgan fingerprint density at radius 3 is 1.98 bits per heavy atom. The van der Waals surface area contributed by atoms with Crippen molar-refractivity contribution < 1.29 is 8.99 Å². The van der Waals surface area contributed by atoms with E-state index in [4.69, 9.17) is 4.43 Å². The molecule has 0 aromatic heterocycles. The molecule has 4 aliphatic rings. The second kappa shape index (κ2) is 10.3. The summed E-state index contributed by atoms with van der Waals surface area (Å²) >= 11 is 0. The summed E-state index contributed by atoms with van der Waals surface area (Å²) in [4.78, 5) is 0. The van der Waals surface area contributed by atoms with E-state index in [-0.39, 0.29) is 16.1 Å². The van der Waals surface area contributed by atoms with Gasteiger partial charge >= 0.3 is 0 Å². The molecule has 222 valence electrons. The van der Waals surface area contributed by atoms with Crippen LogP contribution in [0.3, 0.4) is 0 Å². The average Bonchev–Trinajstić information content (AvgIpc) is 3.30. The van der Waals surface area contributed by atoms with Crippen molar-refractivity contribution >= 4 is 26.1 Å². The van der Waals surface area contributed by atoms with Crippen LogP contribution in [0, 0.1) is 35.0 Å². The summed E-state index contributed by atoms with van der Waals surface area (Å²) < 4.78 is 22.6. The van der Waals surface area contributed by atoms with Gasteiger partial charge in [0.15, 0.2) is 15.5 Å². The smallest absolute Gasteiger partial charge is 0.192 e. The summed E-state index contributed by atoms with van der Waals surface area (Å²) in [5, 5.41) is 3.51. The molecule has 4 aliphatic carbocycles. The Labute approximate surface area is 251 Å². The van der Waals surface area contributed by atoms with Gasteiger partial charge in [-0.1, -0.05) is 94.4 Å². The van der Waals surface area contributed by atoms with E-state index < -0.39 is 15.5 Å². The maximum atomic E-state index is 15.4. The first-order valence-corrected chi connectivity index (χ1v) is 21.0. The van der Waals surface area contributed by atoms with E-state index in [1.807, 2.05) is 12.1 Å². The van der Waals surface area contributed by atoms with E-state index in [0.717, 1.165) is 40.7 Å². The van der Waals surface area contributed by atoms with Gasteiger partial charge in [0.05, 0.1) is 5.60 Å². The van der Waals surface area contributed by atoms with Gasteiger partial charge in [-0.25, -0.2) is 0 Å². The van der Waals surface area contributed by atoms with Crippen LogP contribution in [-0.4, -0.2) is 13.9 Å². The van der Waals surface area contributed by atoms with Gasteiger partial charge in [0.25, 0.3) is 0 Å². The predicted molar refractivity (Wildman–Crippen MR) is 177 cm³/mol. The monoisotopic (exact) mass is 588 g/mol. The van der Waals surface area contributed by atoms with Crippen molar-refractivity contribution in [2.45, 2.75) is 110 Å². The number of fused-ring (bicyclic) bond motifs is 5. The molecular formula is C37H53O2PSi. The fourth-order valence-corrected chi connectivity index (χ4v) is 14.8. The first-order valence-electron chi connectivity index (χ1n) is 16.4. The number of rotatable bonds is 5. The van der Waals surface area contributed by atoms with Gasteiger partial charge in [-0.3, -0.25) is 0 Å². The van der Waals surface area contributed by atoms with Crippen LogP contribution in [0.2, 0.25) is 18.1 Å². The highest BCUT2D eigenvalue weighted by atomic mass is 31.2. The van der Waals surface area contributed by atoms with Crippen LogP contribution >= 0.6 is 7.14 Å². The maximum Gasteiger partial charge on any atom is 0.192 e. The summed E-state index contributed by atoms with van der Waals surface area (Å²) in [6, 6.07) is 20.7. The third kappa shape index (κ3) is 4.91. The van der Waals surface area contributed by atoms with Gasteiger partial charge < -0.3 is 8.99 Å². The molecule has 3 fully saturated rings. The van der Waals surface area contributed by atoms with Crippen molar-refractivity contribution in [3.63, 3.8) is 0 Å². The van der Waals surface area contributed by atoms with Crippen molar-refractivity contribution in [2.24, 2.45) is 35.0 Å². The van der Waals surface area contributed by atoms with E-state index in [0.29, 0.717) is 5.92 Å². The number of hydrogen-bond donors (Lipinski definition) is 0. The van der Waals surface area contributed by atoms with Gasteiger partial charge in [0.1, 0.15) is 0 Å². The van der Waals surface area contributed by atoms with Crippen molar-refractivity contribution in [2.75, 3.05) is 0 Å². The topological polar surface area (TPSA) is 26.3 Å². The third-order valence-corrected chi connectivity index (χ3v) is 20.7. The number of benzene rings is 2. The van der Waals surface area contributed by atoms with Gasteiger partial charge in [0.2, 0.25) is 0 Å². The predicted octanol–water partition coefficient (Wildman–Crippen LogP) is 9.93. The van der Waals surface area contributed by atoms with Crippen molar-refractivity contribution in [1.82, 2.24) is 0 Å². The summed E-state index contributed by atoms with van der Waals surface area (Å²) in [6.07, 6.45) is 12.5. The average molecular weight is 589 g/mol. The standard InChI is InChI=1S/C37H53O2PSi/c1-35(2,3)41(6,7)39-36(4)24-22-30-27(26-36)18-19-32-31(30)23-25-37(5)33(32)20-21-34(37)40(38,28-14-10-8-11-15-28)29-16-12-9-13-17-29/h8-17,21,27,30-33H,18-20,22-26H2,1-7H3/t27-,30+,31-,32-,33+,36-,37+/m1/s1. The molecule has 0 spiro atoms. The molecule has 0 radical (unpaired) electrons. The Bertz CT molecular complexity index is 1280. The lowest BCUT2D eigenvalue weighted by Crippen LogP contribution is -2.54. The molecule has 3 saturated carbocycles. The molecule has 4 heteroatoms. The van der Waals surface area contributed by atoms with E-state index in [1.54, 1.807) is 0 Å². The van der Waals surface area contributed by atoms with E-state index >= 15 is 4.57 Å². The zero-order valence-electron chi connectivity index (χ0n) is 26.7. The summed E-state index contributed by atoms with van der Waals surface area (Å²) in [7, 11) is -4.70. The van der Waals surface area contributed by atoms with E-state index in [9.17, 15) is 0 Å². The highest BCUT2D eigenvalue weighted by Gasteiger charge is 2.59. The summed E-state index contributed by atoms with van der Waals surface area (Å²) in [5.41, 5.74) is 0.0596. The SMILES string of the molecule is CC(C)(C)[Si](C)(C)O[C@]1(C)CC[C@H]2[C@H](CC[C@@H]3[C@@H]2CC[C@]2(C)C(P(=O)(c4ccccc4)c4ccccc4)=CC[C@@H]32)C1. The molecule has 0 N–H and O–H groups in total. The molecule has 0 bridgehead atoms. The normalized spacial score (nSPS) is 35.7. The Morgan fingerprint density at radius 2 is 1.39 bits per heavy atom. The van der Waals surface area contributed by atoms with Crippen LogP contribution in [0.5, 0.6) is 0 Å². The molecule has 0 heterocycles. The van der Waals surface area contributed by atoms with Crippen LogP contribution in [0.15, 0.2) is 72.1 Å². The van der Waals surface area contributed by atoms with Gasteiger partial charge in [-0.15, -0.1) is 0 Å². The molecule has 2 aromatic rings. The molecule has 0 amide bonds. The summed E-state index contributed by atoms with van der Waals surface area (Å²) in [5.74, 6) is 3.85. The highest BCUT2D eigenvalue weighted by molar-refractivity contribution is 7.82. The van der Waals surface area contributed by atoms with Crippen molar-refractivity contribution in [3.8, 4) is 0 Å². The molecule has 0 aliphatic heterocycles. The molecule has 41 heavy (non-hydrogen) atoms. The highest BCUT2D eigenvalue weighted by Crippen LogP contribution is 2.71. The Morgan fingerprint density at radius 1 is 0.805 bits per heavy atom. The van der Waals surface area contributed by atoms with Crippen molar-refractivity contribution in [3.05, 3.63) is 72.1 Å². The molecule has 2 aromatic carbocycles. The van der Waals surface area contributed by atoms with Crippen LogP contribution < -0.4 is 10.6 Å². The Hall–Kier alpha value is -1.41. The lowest BCUT2D eigenvalue weighted by Gasteiger charge is -2.58. The molecule has 2 nitrogen and oxygen atoms in total. The Kier molecular flexibility index (Phi) is 7.48. The molecule has 6 rings (SSSR count). The molecule has 0 saturated heterocycles. The number of allylic oxidation sites excluding steroid dienone is 2. The van der Waals surface area contributed by atoms with E-state index in [2.05, 4.69) is 102 Å². The fourth-order valence-electron chi connectivity index (χ4n) is 9.66. The first-order chi connectivity index (χ1) is 19.3. The first kappa shape index (κ1) is 29.6. The van der Waals surface area contributed by atoms with Crippen molar-refractivity contribution in [1.29, 1.82) is 0 Å². The minimum atomic E-state index is -2.91. The largest absolute Gasteiger partial charge is 0.412 e. The second-order valence-electron chi connectivity index (χ2n) is 16.1. The second-order valence-corrected chi connectivity index (χ2v) is 23.5. The quantitative estimate of drug-likeness (QED) is 0.257. The zero-order chi connectivity index (χ0) is 29.3. The molecular weight excluding hydrogens is 535 g/mol. The maximum absolute atomic E-state index is 15.4. The van der Waals surface area contributed by atoms with Gasteiger partial charge in [0, 0.05) is 10.6 Å². The van der Waals surface area contributed by atoms with Crippen LogP contribution in [0.4, 0.5) is 0 Å².